The standard InChI is InChI=1S/C20H22N2O3S/c1-12-6-13(2)18(14(3)7-12)11-26-20-22-21-19(25-20)15-8-16(23-4)10-17(9-15)24-5/h6-10H,11H2,1-5H3. The highest BCUT2D eigenvalue weighted by atomic mass is 32.2. The molecule has 6 heteroatoms. The fourth-order valence-electron chi connectivity index (χ4n) is 2.89. The molecule has 3 rings (SSSR count). The van der Waals surface area contributed by atoms with E-state index in [4.69, 9.17) is 13.9 Å². The van der Waals surface area contributed by atoms with E-state index in [1.165, 1.54) is 22.3 Å². The number of hydrogen-bond acceptors (Lipinski definition) is 6. The zero-order valence-corrected chi connectivity index (χ0v) is 16.4. The minimum absolute atomic E-state index is 0.446. The summed E-state index contributed by atoms with van der Waals surface area (Å²) in [5.41, 5.74) is 5.92. The van der Waals surface area contributed by atoms with Gasteiger partial charge in [0, 0.05) is 17.4 Å². The maximum Gasteiger partial charge on any atom is 0.277 e. The van der Waals surface area contributed by atoms with E-state index in [2.05, 4.69) is 43.1 Å². The van der Waals surface area contributed by atoms with E-state index in [1.807, 2.05) is 12.1 Å². The topological polar surface area (TPSA) is 57.4 Å². The van der Waals surface area contributed by atoms with Crippen molar-refractivity contribution in [1.82, 2.24) is 10.2 Å². The number of thioether (sulfide) groups is 1. The highest BCUT2D eigenvalue weighted by Gasteiger charge is 2.13. The summed E-state index contributed by atoms with van der Waals surface area (Å²) in [7, 11) is 3.22. The van der Waals surface area contributed by atoms with Gasteiger partial charge in [0.1, 0.15) is 11.5 Å². The van der Waals surface area contributed by atoms with Crippen molar-refractivity contribution in [1.29, 1.82) is 0 Å². The molecule has 2 aromatic carbocycles. The molecular formula is C20H22N2O3S. The summed E-state index contributed by atoms with van der Waals surface area (Å²) in [4.78, 5) is 0. The normalized spacial score (nSPS) is 10.8. The minimum Gasteiger partial charge on any atom is -0.497 e. The van der Waals surface area contributed by atoms with Crippen molar-refractivity contribution in [2.75, 3.05) is 14.2 Å². The maximum absolute atomic E-state index is 5.82. The molecule has 0 fully saturated rings. The van der Waals surface area contributed by atoms with Gasteiger partial charge in [-0.25, -0.2) is 0 Å². The van der Waals surface area contributed by atoms with Crippen molar-refractivity contribution in [2.45, 2.75) is 31.7 Å². The zero-order chi connectivity index (χ0) is 18.7. The third-order valence-electron chi connectivity index (χ3n) is 4.19. The summed E-state index contributed by atoms with van der Waals surface area (Å²) in [5.74, 6) is 2.60. The molecule has 0 aliphatic rings. The van der Waals surface area contributed by atoms with E-state index in [0.717, 1.165) is 11.3 Å². The predicted octanol–water partition coefficient (Wildman–Crippen LogP) is 4.97. The van der Waals surface area contributed by atoms with Gasteiger partial charge in [-0.2, -0.15) is 0 Å². The van der Waals surface area contributed by atoms with Crippen molar-refractivity contribution >= 4 is 11.8 Å². The molecule has 1 heterocycles. The summed E-state index contributed by atoms with van der Waals surface area (Å²) in [5, 5.41) is 8.86. The van der Waals surface area contributed by atoms with Gasteiger partial charge in [-0.15, -0.1) is 10.2 Å². The first-order valence-electron chi connectivity index (χ1n) is 8.26. The van der Waals surface area contributed by atoms with Gasteiger partial charge in [0.25, 0.3) is 5.22 Å². The van der Waals surface area contributed by atoms with Crippen LogP contribution in [0.4, 0.5) is 0 Å². The van der Waals surface area contributed by atoms with Gasteiger partial charge in [0.05, 0.1) is 14.2 Å². The van der Waals surface area contributed by atoms with Crippen molar-refractivity contribution in [2.24, 2.45) is 0 Å². The second-order valence-corrected chi connectivity index (χ2v) is 7.07. The van der Waals surface area contributed by atoms with Crippen molar-refractivity contribution < 1.29 is 13.9 Å². The Morgan fingerprint density at radius 1 is 0.885 bits per heavy atom. The first-order valence-corrected chi connectivity index (χ1v) is 9.25. The molecule has 1 aromatic heterocycles. The number of ether oxygens (including phenoxy) is 2. The Balaban J connectivity index is 1.79. The molecule has 136 valence electrons. The van der Waals surface area contributed by atoms with E-state index in [0.29, 0.717) is 22.6 Å². The number of benzene rings is 2. The molecule has 0 saturated heterocycles. The van der Waals surface area contributed by atoms with Crippen LogP contribution < -0.4 is 9.47 Å². The Hall–Kier alpha value is -2.47. The van der Waals surface area contributed by atoms with Crippen LogP contribution in [0.15, 0.2) is 40.0 Å². The molecule has 5 nitrogen and oxygen atoms in total. The van der Waals surface area contributed by atoms with E-state index < -0.39 is 0 Å². The highest BCUT2D eigenvalue weighted by molar-refractivity contribution is 7.98. The van der Waals surface area contributed by atoms with Crippen LogP contribution >= 0.6 is 11.8 Å². The van der Waals surface area contributed by atoms with Gasteiger partial charge >= 0.3 is 0 Å². The Bertz CT molecular complexity index is 876. The fraction of sp³-hybridized carbons (Fsp3) is 0.300. The van der Waals surface area contributed by atoms with Crippen LogP contribution in [0.1, 0.15) is 22.3 Å². The first-order chi connectivity index (χ1) is 12.5. The van der Waals surface area contributed by atoms with Gasteiger partial charge < -0.3 is 13.9 Å². The van der Waals surface area contributed by atoms with Gasteiger partial charge in [-0.1, -0.05) is 29.5 Å². The molecule has 0 atom stereocenters. The van der Waals surface area contributed by atoms with E-state index in [-0.39, 0.29) is 0 Å². The van der Waals surface area contributed by atoms with Crippen LogP contribution in [0.25, 0.3) is 11.5 Å². The van der Waals surface area contributed by atoms with Crippen LogP contribution in [0.2, 0.25) is 0 Å². The summed E-state index contributed by atoms with van der Waals surface area (Å²) >= 11 is 1.54. The lowest BCUT2D eigenvalue weighted by Gasteiger charge is -2.09. The molecule has 0 amide bonds. The quantitative estimate of drug-likeness (QED) is 0.571. The first kappa shape index (κ1) is 18.3. The van der Waals surface area contributed by atoms with Gasteiger partial charge in [0.15, 0.2) is 0 Å². The largest absolute Gasteiger partial charge is 0.497 e. The summed E-state index contributed by atoms with van der Waals surface area (Å²) in [6.07, 6.45) is 0. The third kappa shape index (κ3) is 4.02. The lowest BCUT2D eigenvalue weighted by Crippen LogP contribution is -1.93. The highest BCUT2D eigenvalue weighted by Crippen LogP contribution is 2.32. The number of rotatable bonds is 6. The lowest BCUT2D eigenvalue weighted by atomic mass is 10.0. The molecule has 0 radical (unpaired) electrons. The lowest BCUT2D eigenvalue weighted by molar-refractivity contribution is 0.394. The van der Waals surface area contributed by atoms with Crippen molar-refractivity contribution in [3.05, 3.63) is 52.6 Å². The number of aromatic nitrogens is 2. The van der Waals surface area contributed by atoms with Crippen LogP contribution in [0.3, 0.4) is 0 Å². The van der Waals surface area contributed by atoms with Crippen LogP contribution in [-0.2, 0) is 5.75 Å². The SMILES string of the molecule is COc1cc(OC)cc(-c2nnc(SCc3c(C)cc(C)cc3C)o2)c1. The summed E-state index contributed by atoms with van der Waals surface area (Å²) in [6.45, 7) is 6.39. The second kappa shape index (κ2) is 7.83. The third-order valence-corrected chi connectivity index (χ3v) is 5.03. The number of methoxy groups -OCH3 is 2. The predicted molar refractivity (Wildman–Crippen MR) is 103 cm³/mol. The van der Waals surface area contributed by atoms with E-state index >= 15 is 0 Å². The van der Waals surface area contributed by atoms with Crippen molar-refractivity contribution in [3.63, 3.8) is 0 Å². The smallest absolute Gasteiger partial charge is 0.277 e. The summed E-state index contributed by atoms with van der Waals surface area (Å²) < 4.78 is 16.4. The van der Waals surface area contributed by atoms with Gasteiger partial charge in [0.2, 0.25) is 5.89 Å². The summed E-state index contributed by atoms with van der Waals surface area (Å²) in [6, 6.07) is 9.89. The Morgan fingerprint density at radius 2 is 1.50 bits per heavy atom. The number of aryl methyl sites for hydroxylation is 3. The van der Waals surface area contributed by atoms with Gasteiger partial charge in [-0.3, -0.25) is 0 Å². The molecule has 0 unspecified atom stereocenters. The molecule has 0 saturated carbocycles. The Labute approximate surface area is 157 Å². The molecule has 0 aliphatic carbocycles. The Kier molecular flexibility index (Phi) is 5.52. The second-order valence-electron chi connectivity index (χ2n) is 6.14. The van der Waals surface area contributed by atoms with Crippen LogP contribution in [0.5, 0.6) is 11.5 Å². The molecular weight excluding hydrogens is 348 g/mol. The van der Waals surface area contributed by atoms with E-state index in [9.17, 15) is 0 Å². The van der Waals surface area contributed by atoms with Gasteiger partial charge in [-0.05, 0) is 49.6 Å². The molecule has 0 spiro atoms. The molecule has 26 heavy (non-hydrogen) atoms. The number of nitrogens with zero attached hydrogens (tertiary/aromatic N) is 2. The average Bonchev–Trinajstić information content (AvgIpc) is 3.09. The zero-order valence-electron chi connectivity index (χ0n) is 15.6. The molecule has 0 aliphatic heterocycles. The molecule has 3 aromatic rings. The average molecular weight is 370 g/mol. The minimum atomic E-state index is 0.446. The van der Waals surface area contributed by atoms with E-state index in [1.54, 1.807) is 32.0 Å². The number of hydrogen-bond donors (Lipinski definition) is 0. The fourth-order valence-corrected chi connectivity index (χ4v) is 3.85. The van der Waals surface area contributed by atoms with Crippen LogP contribution in [0, 0.1) is 20.8 Å². The molecule has 0 bridgehead atoms. The maximum atomic E-state index is 5.82. The Morgan fingerprint density at radius 3 is 2.08 bits per heavy atom. The monoisotopic (exact) mass is 370 g/mol. The van der Waals surface area contributed by atoms with Crippen molar-refractivity contribution in [3.8, 4) is 23.0 Å². The molecule has 0 N–H and O–H groups in total. The van der Waals surface area contributed by atoms with Crippen LogP contribution in [-0.4, -0.2) is 24.4 Å².